The fraction of sp³-hybridized carbons (Fsp3) is 0.188. The van der Waals surface area contributed by atoms with Crippen LogP contribution in [-0.4, -0.2) is 17.5 Å². The number of halogens is 2. The van der Waals surface area contributed by atoms with Gasteiger partial charge in [-0.25, -0.2) is 0 Å². The van der Waals surface area contributed by atoms with Gasteiger partial charge in [0.25, 0.3) is 5.69 Å². The topological polar surface area (TPSA) is 105 Å². The van der Waals surface area contributed by atoms with E-state index >= 15 is 0 Å². The number of rotatable bonds is 4. The van der Waals surface area contributed by atoms with Gasteiger partial charge in [-0.1, -0.05) is 23.2 Å². The highest BCUT2D eigenvalue weighted by molar-refractivity contribution is 6.35. The minimum absolute atomic E-state index is 0.0209. The van der Waals surface area contributed by atoms with Crippen molar-refractivity contribution in [1.29, 1.82) is 0 Å². The molecule has 0 saturated carbocycles. The largest absolute Gasteiger partial charge is 0.466 e. The first kappa shape index (κ1) is 20.5. The Morgan fingerprint density at radius 1 is 1.24 bits per heavy atom. The summed E-state index contributed by atoms with van der Waals surface area (Å²) >= 11 is 11.7. The van der Waals surface area contributed by atoms with Crippen molar-refractivity contribution < 1.29 is 19.2 Å². The molecule has 9 heteroatoms. The number of hydrogen-bond acceptors (Lipinski definition) is 6. The SMILES string of the molecule is CCOC(C)=O.Nc1cc(Oc2ccc(Cl)cc2Cl)ccc1[N+](=O)[O-]. The van der Waals surface area contributed by atoms with Gasteiger partial charge in [-0.2, -0.15) is 0 Å². The zero-order valence-corrected chi connectivity index (χ0v) is 15.0. The molecule has 0 aliphatic heterocycles. The number of carbonyl (C=O) groups is 1. The molecule has 0 radical (unpaired) electrons. The van der Waals surface area contributed by atoms with Crippen LogP contribution < -0.4 is 10.5 Å². The maximum atomic E-state index is 10.6. The molecule has 25 heavy (non-hydrogen) atoms. The lowest BCUT2D eigenvalue weighted by Crippen LogP contribution is -1.96. The maximum absolute atomic E-state index is 10.6. The summed E-state index contributed by atoms with van der Waals surface area (Å²) in [5.41, 5.74) is 5.41. The van der Waals surface area contributed by atoms with E-state index in [0.717, 1.165) is 0 Å². The van der Waals surface area contributed by atoms with Gasteiger partial charge in [0.1, 0.15) is 17.2 Å². The second kappa shape index (κ2) is 9.71. The van der Waals surface area contributed by atoms with Crippen LogP contribution in [0.15, 0.2) is 36.4 Å². The number of nitro benzene ring substituents is 1. The normalized spacial score (nSPS) is 9.60. The van der Waals surface area contributed by atoms with Crippen molar-refractivity contribution in [2.24, 2.45) is 0 Å². The number of esters is 1. The molecule has 0 aliphatic carbocycles. The van der Waals surface area contributed by atoms with E-state index in [1.807, 2.05) is 0 Å². The van der Waals surface area contributed by atoms with Crippen LogP contribution in [0.1, 0.15) is 13.8 Å². The summed E-state index contributed by atoms with van der Waals surface area (Å²) < 4.78 is 9.89. The summed E-state index contributed by atoms with van der Waals surface area (Å²) in [4.78, 5) is 19.9. The smallest absolute Gasteiger partial charge is 0.302 e. The van der Waals surface area contributed by atoms with Gasteiger partial charge < -0.3 is 15.2 Å². The van der Waals surface area contributed by atoms with Crippen molar-refractivity contribution in [3.8, 4) is 11.5 Å². The minimum Gasteiger partial charge on any atom is -0.466 e. The summed E-state index contributed by atoms with van der Waals surface area (Å²) in [7, 11) is 0. The van der Waals surface area contributed by atoms with Gasteiger partial charge >= 0.3 is 5.97 Å². The van der Waals surface area contributed by atoms with E-state index in [1.54, 1.807) is 19.1 Å². The van der Waals surface area contributed by atoms with Gasteiger partial charge in [0.15, 0.2) is 0 Å². The molecule has 0 unspecified atom stereocenters. The van der Waals surface area contributed by atoms with E-state index in [-0.39, 0.29) is 17.3 Å². The lowest BCUT2D eigenvalue weighted by molar-refractivity contribution is -0.383. The third kappa shape index (κ3) is 6.86. The molecule has 0 fully saturated rings. The molecule has 0 aromatic heterocycles. The number of hydrogen-bond donors (Lipinski definition) is 1. The van der Waals surface area contributed by atoms with Gasteiger partial charge in [0.05, 0.1) is 16.6 Å². The first-order valence-corrected chi connectivity index (χ1v) is 7.80. The molecule has 2 aromatic carbocycles. The molecule has 2 N–H and O–H groups in total. The summed E-state index contributed by atoms with van der Waals surface area (Å²) in [6.45, 7) is 3.65. The molecule has 0 saturated heterocycles. The lowest BCUT2D eigenvalue weighted by Gasteiger charge is -2.08. The number of benzene rings is 2. The molecule has 7 nitrogen and oxygen atoms in total. The molecule has 134 valence electrons. The first-order chi connectivity index (χ1) is 11.7. The molecule has 0 heterocycles. The molecule has 0 aliphatic rings. The van der Waals surface area contributed by atoms with Gasteiger partial charge in [-0.3, -0.25) is 14.9 Å². The second-order valence-electron chi connectivity index (χ2n) is 4.58. The van der Waals surface area contributed by atoms with E-state index in [1.165, 1.54) is 31.2 Å². The molecular formula is C16H16Cl2N2O5. The molecule has 0 spiro atoms. The standard InChI is InChI=1S/C12H8Cl2N2O3.C4H8O2/c13-7-1-4-12(9(14)5-7)19-8-2-3-11(16(17)18)10(15)6-8;1-3-6-4(2)5/h1-6H,15H2;3H2,1-2H3. The van der Waals surface area contributed by atoms with Crippen molar-refractivity contribution in [3.05, 3.63) is 56.6 Å². The fourth-order valence-corrected chi connectivity index (χ4v) is 2.10. The van der Waals surface area contributed by atoms with Gasteiger partial charge in [0.2, 0.25) is 0 Å². The molecule has 2 rings (SSSR count). The molecule has 2 aromatic rings. The Morgan fingerprint density at radius 2 is 1.92 bits per heavy atom. The highest BCUT2D eigenvalue weighted by atomic mass is 35.5. The van der Waals surface area contributed by atoms with Crippen LogP contribution in [0.4, 0.5) is 11.4 Å². The van der Waals surface area contributed by atoms with E-state index < -0.39 is 4.92 Å². The highest BCUT2D eigenvalue weighted by Crippen LogP contribution is 2.34. The Bertz CT molecular complexity index is 768. The zero-order chi connectivity index (χ0) is 19.0. The number of nitro groups is 1. The number of anilines is 1. The Balaban J connectivity index is 0.000000450. The third-order valence-electron chi connectivity index (χ3n) is 2.67. The van der Waals surface area contributed by atoms with Crippen LogP contribution in [0, 0.1) is 10.1 Å². The van der Waals surface area contributed by atoms with Crippen molar-refractivity contribution in [2.75, 3.05) is 12.3 Å². The Labute approximate surface area is 154 Å². The van der Waals surface area contributed by atoms with Gasteiger partial charge in [-0.05, 0) is 31.2 Å². The van der Waals surface area contributed by atoms with Crippen molar-refractivity contribution >= 4 is 40.5 Å². The van der Waals surface area contributed by atoms with Crippen LogP contribution in [-0.2, 0) is 9.53 Å². The summed E-state index contributed by atoms with van der Waals surface area (Å²) in [6.07, 6.45) is 0. The average molecular weight is 387 g/mol. The van der Waals surface area contributed by atoms with Crippen molar-refractivity contribution in [2.45, 2.75) is 13.8 Å². The number of nitrogen functional groups attached to an aromatic ring is 1. The Hall–Kier alpha value is -2.51. The van der Waals surface area contributed by atoms with Crippen LogP contribution in [0.5, 0.6) is 11.5 Å². The van der Waals surface area contributed by atoms with E-state index in [0.29, 0.717) is 28.2 Å². The first-order valence-electron chi connectivity index (χ1n) is 7.04. The molecule has 0 bridgehead atoms. The van der Waals surface area contributed by atoms with Crippen molar-refractivity contribution in [3.63, 3.8) is 0 Å². The monoisotopic (exact) mass is 386 g/mol. The fourth-order valence-electron chi connectivity index (χ4n) is 1.65. The third-order valence-corrected chi connectivity index (χ3v) is 3.20. The molecule has 0 atom stereocenters. The zero-order valence-electron chi connectivity index (χ0n) is 13.5. The number of nitrogens with two attached hydrogens (primary N) is 1. The van der Waals surface area contributed by atoms with Crippen LogP contribution in [0.3, 0.4) is 0 Å². The van der Waals surface area contributed by atoms with Crippen LogP contribution >= 0.6 is 23.2 Å². The highest BCUT2D eigenvalue weighted by Gasteiger charge is 2.12. The van der Waals surface area contributed by atoms with Crippen molar-refractivity contribution in [1.82, 2.24) is 0 Å². The average Bonchev–Trinajstić information content (AvgIpc) is 2.50. The molecule has 0 amide bonds. The molecular weight excluding hydrogens is 371 g/mol. The predicted octanol–water partition coefficient (Wildman–Crippen LogP) is 4.85. The van der Waals surface area contributed by atoms with Gasteiger partial charge in [-0.15, -0.1) is 0 Å². The van der Waals surface area contributed by atoms with E-state index in [9.17, 15) is 14.9 Å². The quantitative estimate of drug-likeness (QED) is 0.348. The van der Waals surface area contributed by atoms with E-state index in [2.05, 4.69) is 4.74 Å². The summed E-state index contributed by atoms with van der Waals surface area (Å²) in [6, 6.07) is 8.84. The predicted molar refractivity (Wildman–Crippen MR) is 96.4 cm³/mol. The number of nitrogens with zero attached hydrogens (tertiary/aromatic N) is 1. The number of ether oxygens (including phenoxy) is 2. The number of carbonyl (C=O) groups excluding carboxylic acids is 1. The second-order valence-corrected chi connectivity index (χ2v) is 5.42. The van der Waals surface area contributed by atoms with E-state index in [4.69, 9.17) is 33.7 Å². The summed E-state index contributed by atoms with van der Waals surface area (Å²) in [5, 5.41) is 11.5. The van der Waals surface area contributed by atoms with Gasteiger partial charge in [0, 0.05) is 24.1 Å². The maximum Gasteiger partial charge on any atom is 0.302 e. The van der Waals surface area contributed by atoms with Crippen LogP contribution in [0.25, 0.3) is 0 Å². The lowest BCUT2D eigenvalue weighted by atomic mass is 10.2. The Kier molecular flexibility index (Phi) is 7.97. The minimum atomic E-state index is -0.561. The van der Waals surface area contributed by atoms with Crippen LogP contribution in [0.2, 0.25) is 10.0 Å². The summed E-state index contributed by atoms with van der Waals surface area (Å²) in [5.74, 6) is 0.532. The Morgan fingerprint density at radius 3 is 2.36 bits per heavy atom.